The maximum Gasteiger partial charge on any atom is 0.0650 e. The summed E-state index contributed by atoms with van der Waals surface area (Å²) in [6.45, 7) is 0.876. The SMILES string of the molecule is O=S1CCC(NCc2ccc(-c3ccn[nH]3)cc2)CC1. The standard InChI is InChI=1S/C15H19N3OS/c19-20-9-6-14(7-10-20)16-11-12-1-3-13(4-2-12)15-5-8-17-18-15/h1-5,8,14,16H,6-7,9-11H2,(H,17,18). The molecule has 1 aliphatic heterocycles. The summed E-state index contributed by atoms with van der Waals surface area (Å²) in [7, 11) is -0.579. The van der Waals surface area contributed by atoms with E-state index in [0.717, 1.165) is 42.1 Å². The Morgan fingerprint density at radius 1 is 1.20 bits per heavy atom. The van der Waals surface area contributed by atoms with Gasteiger partial charge >= 0.3 is 0 Å². The zero-order valence-electron chi connectivity index (χ0n) is 11.3. The van der Waals surface area contributed by atoms with Gasteiger partial charge in [0, 0.05) is 41.1 Å². The summed E-state index contributed by atoms with van der Waals surface area (Å²) in [5, 5.41) is 10.5. The van der Waals surface area contributed by atoms with Crippen LogP contribution in [0.3, 0.4) is 0 Å². The fourth-order valence-electron chi connectivity index (χ4n) is 2.48. The van der Waals surface area contributed by atoms with Crippen molar-refractivity contribution in [3.63, 3.8) is 0 Å². The maximum atomic E-state index is 11.3. The first-order valence-electron chi connectivity index (χ1n) is 6.98. The van der Waals surface area contributed by atoms with Gasteiger partial charge in [0.15, 0.2) is 0 Å². The lowest BCUT2D eigenvalue weighted by Crippen LogP contribution is -2.35. The molecule has 1 aliphatic rings. The second kappa shape index (κ2) is 6.33. The van der Waals surface area contributed by atoms with Crippen LogP contribution < -0.4 is 5.32 Å². The number of hydrogen-bond acceptors (Lipinski definition) is 3. The number of aromatic amines is 1. The Kier molecular flexibility index (Phi) is 4.28. The van der Waals surface area contributed by atoms with E-state index in [1.807, 2.05) is 6.07 Å². The van der Waals surface area contributed by atoms with Crippen LogP contribution in [0.25, 0.3) is 11.3 Å². The molecule has 0 bridgehead atoms. The van der Waals surface area contributed by atoms with Gasteiger partial charge in [0.05, 0.1) is 5.69 Å². The molecule has 0 amide bonds. The van der Waals surface area contributed by atoms with Crippen LogP contribution in [0.4, 0.5) is 0 Å². The number of benzene rings is 1. The minimum Gasteiger partial charge on any atom is -0.310 e. The molecule has 1 fully saturated rings. The molecule has 0 spiro atoms. The Labute approximate surface area is 121 Å². The van der Waals surface area contributed by atoms with Gasteiger partial charge in [-0.3, -0.25) is 9.31 Å². The molecule has 1 aromatic carbocycles. The van der Waals surface area contributed by atoms with Crippen molar-refractivity contribution in [1.82, 2.24) is 15.5 Å². The molecular weight excluding hydrogens is 270 g/mol. The van der Waals surface area contributed by atoms with Gasteiger partial charge in [-0.05, 0) is 30.0 Å². The number of H-pyrrole nitrogens is 1. The lowest BCUT2D eigenvalue weighted by molar-refractivity contribution is 0.475. The van der Waals surface area contributed by atoms with Crippen molar-refractivity contribution >= 4 is 10.8 Å². The van der Waals surface area contributed by atoms with Crippen LogP contribution in [-0.4, -0.2) is 32.0 Å². The smallest absolute Gasteiger partial charge is 0.0650 e. The Balaban J connectivity index is 1.54. The average Bonchev–Trinajstić information content (AvgIpc) is 3.01. The van der Waals surface area contributed by atoms with Crippen LogP contribution in [-0.2, 0) is 17.3 Å². The number of aromatic nitrogens is 2. The van der Waals surface area contributed by atoms with Crippen molar-refractivity contribution in [2.45, 2.75) is 25.4 Å². The summed E-state index contributed by atoms with van der Waals surface area (Å²) < 4.78 is 11.3. The van der Waals surface area contributed by atoms with Crippen LogP contribution in [0.15, 0.2) is 36.5 Å². The van der Waals surface area contributed by atoms with E-state index in [2.05, 4.69) is 39.8 Å². The maximum absolute atomic E-state index is 11.3. The topological polar surface area (TPSA) is 57.8 Å². The van der Waals surface area contributed by atoms with Crippen molar-refractivity contribution in [1.29, 1.82) is 0 Å². The number of nitrogens with zero attached hydrogens (tertiary/aromatic N) is 1. The highest BCUT2D eigenvalue weighted by molar-refractivity contribution is 7.85. The average molecular weight is 289 g/mol. The monoisotopic (exact) mass is 289 g/mol. The fourth-order valence-corrected chi connectivity index (χ4v) is 3.78. The van der Waals surface area contributed by atoms with E-state index in [4.69, 9.17) is 0 Å². The van der Waals surface area contributed by atoms with Gasteiger partial charge < -0.3 is 5.32 Å². The highest BCUT2D eigenvalue weighted by atomic mass is 32.2. The third-order valence-corrected chi connectivity index (χ3v) is 5.13. The first-order chi connectivity index (χ1) is 9.81. The van der Waals surface area contributed by atoms with Crippen molar-refractivity contribution in [2.75, 3.05) is 11.5 Å². The second-order valence-corrected chi connectivity index (χ2v) is 6.87. The number of hydrogen-bond donors (Lipinski definition) is 2. The Hall–Kier alpha value is -1.46. The van der Waals surface area contributed by atoms with Gasteiger partial charge in [-0.25, -0.2) is 0 Å². The van der Waals surface area contributed by atoms with Gasteiger partial charge in [-0.2, -0.15) is 5.10 Å². The summed E-state index contributed by atoms with van der Waals surface area (Å²) in [5.41, 5.74) is 3.47. The molecular formula is C15H19N3OS. The van der Waals surface area contributed by atoms with Crippen LogP contribution in [0.2, 0.25) is 0 Å². The molecule has 106 valence electrons. The Bertz CT molecular complexity index is 555. The predicted molar refractivity (Wildman–Crippen MR) is 81.8 cm³/mol. The van der Waals surface area contributed by atoms with Gasteiger partial charge in [0.25, 0.3) is 0 Å². The van der Waals surface area contributed by atoms with E-state index in [0.29, 0.717) is 6.04 Å². The van der Waals surface area contributed by atoms with Gasteiger partial charge in [0.1, 0.15) is 0 Å². The van der Waals surface area contributed by atoms with Gasteiger partial charge in [-0.1, -0.05) is 24.3 Å². The van der Waals surface area contributed by atoms with Crippen molar-refractivity contribution in [3.8, 4) is 11.3 Å². The largest absolute Gasteiger partial charge is 0.310 e. The van der Waals surface area contributed by atoms with Crippen molar-refractivity contribution < 1.29 is 4.21 Å². The molecule has 1 saturated heterocycles. The molecule has 2 heterocycles. The lowest BCUT2D eigenvalue weighted by atomic mass is 10.1. The summed E-state index contributed by atoms with van der Waals surface area (Å²) in [6, 6.07) is 11.0. The third-order valence-electron chi connectivity index (χ3n) is 3.75. The second-order valence-electron chi connectivity index (χ2n) is 5.17. The fraction of sp³-hybridized carbons (Fsp3) is 0.400. The lowest BCUT2D eigenvalue weighted by Gasteiger charge is -2.22. The zero-order valence-corrected chi connectivity index (χ0v) is 12.2. The minimum absolute atomic E-state index is 0.514. The number of nitrogens with one attached hydrogen (secondary N) is 2. The molecule has 0 aliphatic carbocycles. The summed E-state index contributed by atoms with van der Waals surface area (Å²) in [5.74, 6) is 1.69. The third kappa shape index (κ3) is 3.35. The molecule has 2 N–H and O–H groups in total. The van der Waals surface area contributed by atoms with E-state index in [1.165, 1.54) is 5.56 Å². The molecule has 0 radical (unpaired) electrons. The van der Waals surface area contributed by atoms with Crippen molar-refractivity contribution in [3.05, 3.63) is 42.1 Å². The number of rotatable bonds is 4. The van der Waals surface area contributed by atoms with Gasteiger partial charge in [-0.15, -0.1) is 0 Å². The Morgan fingerprint density at radius 3 is 2.60 bits per heavy atom. The highest BCUT2D eigenvalue weighted by Crippen LogP contribution is 2.17. The van der Waals surface area contributed by atoms with Crippen LogP contribution in [0, 0.1) is 0 Å². The summed E-state index contributed by atoms with van der Waals surface area (Å²) >= 11 is 0. The van der Waals surface area contributed by atoms with Crippen molar-refractivity contribution in [2.24, 2.45) is 0 Å². The van der Waals surface area contributed by atoms with Crippen LogP contribution in [0.1, 0.15) is 18.4 Å². The summed E-state index contributed by atoms with van der Waals surface area (Å²) in [6.07, 6.45) is 3.81. The molecule has 2 aromatic rings. The molecule has 20 heavy (non-hydrogen) atoms. The van der Waals surface area contributed by atoms with E-state index < -0.39 is 10.8 Å². The quantitative estimate of drug-likeness (QED) is 0.906. The molecule has 0 unspecified atom stereocenters. The van der Waals surface area contributed by atoms with E-state index in [9.17, 15) is 4.21 Å². The zero-order chi connectivity index (χ0) is 13.8. The molecule has 3 rings (SSSR count). The van der Waals surface area contributed by atoms with E-state index in [-0.39, 0.29) is 0 Å². The Morgan fingerprint density at radius 2 is 1.95 bits per heavy atom. The first kappa shape index (κ1) is 13.5. The van der Waals surface area contributed by atoms with E-state index >= 15 is 0 Å². The summed E-state index contributed by atoms with van der Waals surface area (Å²) in [4.78, 5) is 0. The molecule has 5 heteroatoms. The van der Waals surface area contributed by atoms with Crippen LogP contribution >= 0.6 is 0 Å². The molecule has 0 atom stereocenters. The van der Waals surface area contributed by atoms with E-state index in [1.54, 1.807) is 6.20 Å². The highest BCUT2D eigenvalue weighted by Gasteiger charge is 2.16. The first-order valence-corrected chi connectivity index (χ1v) is 8.47. The molecule has 1 aromatic heterocycles. The normalized spacial score (nSPS) is 22.8. The predicted octanol–water partition coefficient (Wildman–Crippen LogP) is 2.08. The van der Waals surface area contributed by atoms with Gasteiger partial charge in [0.2, 0.25) is 0 Å². The molecule has 4 nitrogen and oxygen atoms in total. The van der Waals surface area contributed by atoms with Crippen LogP contribution in [0.5, 0.6) is 0 Å². The minimum atomic E-state index is -0.579. The molecule has 0 saturated carbocycles.